The third-order valence-corrected chi connectivity index (χ3v) is 5.05. The second kappa shape index (κ2) is 4.84. The van der Waals surface area contributed by atoms with Gasteiger partial charge in [0.1, 0.15) is 0 Å². The molecule has 2 saturated heterocycles. The maximum Gasteiger partial charge on any atom is 0.211 e. The first kappa shape index (κ1) is 13.3. The van der Waals surface area contributed by atoms with Gasteiger partial charge in [-0.1, -0.05) is 6.92 Å². The maximum absolute atomic E-state index is 11.2. The molecule has 2 aliphatic rings. The molecule has 2 N–H and O–H groups in total. The standard InChI is InChI=1S/C11H22N2O3S/c1-2-13-6-3-11(4-7-13)5-8-16-10(11)9-17(12,14)15/h10H,2-9H2,1H3,(H2,12,14,15). The molecule has 0 aromatic heterocycles. The van der Waals surface area contributed by atoms with Crippen molar-refractivity contribution in [3.63, 3.8) is 0 Å². The Kier molecular flexibility index (Phi) is 3.77. The van der Waals surface area contributed by atoms with E-state index in [1.165, 1.54) is 0 Å². The second-order valence-electron chi connectivity index (χ2n) is 5.24. The average molecular weight is 262 g/mol. The van der Waals surface area contributed by atoms with E-state index in [9.17, 15) is 8.42 Å². The highest BCUT2D eigenvalue weighted by Crippen LogP contribution is 2.44. The number of nitrogens with zero attached hydrogens (tertiary/aromatic N) is 1. The van der Waals surface area contributed by atoms with Crippen LogP contribution in [0.5, 0.6) is 0 Å². The minimum Gasteiger partial charge on any atom is -0.377 e. The lowest BCUT2D eigenvalue weighted by molar-refractivity contribution is 0.0236. The molecule has 1 spiro atoms. The van der Waals surface area contributed by atoms with E-state index in [1.54, 1.807) is 0 Å². The van der Waals surface area contributed by atoms with Crippen LogP contribution in [-0.2, 0) is 14.8 Å². The van der Waals surface area contributed by atoms with Gasteiger partial charge in [-0.15, -0.1) is 0 Å². The van der Waals surface area contributed by atoms with E-state index in [4.69, 9.17) is 9.88 Å². The summed E-state index contributed by atoms with van der Waals surface area (Å²) in [5, 5.41) is 5.14. The summed E-state index contributed by atoms with van der Waals surface area (Å²) in [7, 11) is -3.44. The van der Waals surface area contributed by atoms with E-state index in [-0.39, 0.29) is 17.3 Å². The predicted octanol–water partition coefficient (Wildman–Crippen LogP) is 0.166. The maximum atomic E-state index is 11.2. The number of piperidine rings is 1. The number of primary sulfonamides is 1. The molecule has 2 heterocycles. The zero-order valence-electron chi connectivity index (χ0n) is 10.4. The van der Waals surface area contributed by atoms with Gasteiger partial charge < -0.3 is 9.64 Å². The lowest BCUT2D eigenvalue weighted by Gasteiger charge is -2.41. The van der Waals surface area contributed by atoms with Gasteiger partial charge in [0.15, 0.2) is 0 Å². The summed E-state index contributed by atoms with van der Waals surface area (Å²) in [6.45, 7) is 5.98. The van der Waals surface area contributed by atoms with Crippen molar-refractivity contribution in [2.75, 3.05) is 32.0 Å². The van der Waals surface area contributed by atoms with Crippen molar-refractivity contribution in [1.29, 1.82) is 0 Å². The zero-order valence-corrected chi connectivity index (χ0v) is 11.2. The van der Waals surface area contributed by atoms with Gasteiger partial charge in [-0.3, -0.25) is 0 Å². The number of likely N-dealkylation sites (tertiary alicyclic amines) is 1. The molecule has 17 heavy (non-hydrogen) atoms. The average Bonchev–Trinajstić information content (AvgIpc) is 2.61. The highest BCUT2D eigenvalue weighted by Gasteiger charge is 2.46. The molecule has 1 unspecified atom stereocenters. The minimum absolute atomic E-state index is 0.0286. The van der Waals surface area contributed by atoms with Crippen molar-refractivity contribution < 1.29 is 13.2 Å². The normalized spacial score (nSPS) is 29.9. The quantitative estimate of drug-likeness (QED) is 0.786. The monoisotopic (exact) mass is 262 g/mol. The number of sulfonamides is 1. The van der Waals surface area contributed by atoms with Gasteiger partial charge in [0, 0.05) is 12.0 Å². The Morgan fingerprint density at radius 1 is 1.35 bits per heavy atom. The van der Waals surface area contributed by atoms with Gasteiger partial charge in [-0.25, -0.2) is 13.6 Å². The first-order valence-corrected chi connectivity index (χ1v) is 8.01. The number of ether oxygens (including phenoxy) is 1. The Morgan fingerprint density at radius 2 is 2.00 bits per heavy atom. The van der Waals surface area contributed by atoms with Gasteiger partial charge >= 0.3 is 0 Å². The predicted molar refractivity (Wildman–Crippen MR) is 66.1 cm³/mol. The molecule has 0 amide bonds. The Morgan fingerprint density at radius 3 is 2.53 bits per heavy atom. The summed E-state index contributed by atoms with van der Waals surface area (Å²) in [5.41, 5.74) is 0.0537. The van der Waals surface area contributed by atoms with Crippen LogP contribution >= 0.6 is 0 Å². The van der Waals surface area contributed by atoms with Crippen LogP contribution in [0.3, 0.4) is 0 Å². The van der Waals surface area contributed by atoms with E-state index < -0.39 is 10.0 Å². The zero-order chi connectivity index (χ0) is 12.5. The molecule has 100 valence electrons. The molecule has 2 fully saturated rings. The van der Waals surface area contributed by atoms with Crippen LogP contribution in [0.4, 0.5) is 0 Å². The van der Waals surface area contributed by atoms with Crippen molar-refractivity contribution in [1.82, 2.24) is 4.90 Å². The van der Waals surface area contributed by atoms with Gasteiger partial charge in [-0.05, 0) is 38.9 Å². The van der Waals surface area contributed by atoms with E-state index in [0.29, 0.717) is 6.61 Å². The Bertz CT molecular complexity index is 361. The molecular weight excluding hydrogens is 240 g/mol. The fourth-order valence-corrected chi connectivity index (χ4v) is 3.94. The molecule has 2 rings (SSSR count). The molecule has 0 aliphatic carbocycles. The van der Waals surface area contributed by atoms with Crippen LogP contribution in [0.2, 0.25) is 0 Å². The number of hydrogen-bond acceptors (Lipinski definition) is 4. The van der Waals surface area contributed by atoms with Crippen molar-refractivity contribution in [3.05, 3.63) is 0 Å². The summed E-state index contributed by atoms with van der Waals surface area (Å²) in [6, 6.07) is 0. The minimum atomic E-state index is -3.44. The highest BCUT2D eigenvalue weighted by atomic mass is 32.2. The summed E-state index contributed by atoms with van der Waals surface area (Å²) < 4.78 is 28.1. The Hall–Kier alpha value is -0.170. The van der Waals surface area contributed by atoms with Gasteiger partial charge in [-0.2, -0.15) is 0 Å². The molecule has 1 atom stereocenters. The Labute approximate surface area is 103 Å². The van der Waals surface area contributed by atoms with Crippen LogP contribution in [-0.4, -0.2) is 51.4 Å². The van der Waals surface area contributed by atoms with E-state index >= 15 is 0 Å². The summed E-state index contributed by atoms with van der Waals surface area (Å²) in [4.78, 5) is 2.40. The summed E-state index contributed by atoms with van der Waals surface area (Å²) in [6.07, 6.45) is 2.84. The van der Waals surface area contributed by atoms with Gasteiger partial charge in [0.2, 0.25) is 10.0 Å². The fraction of sp³-hybridized carbons (Fsp3) is 1.00. The molecule has 0 saturated carbocycles. The Balaban J connectivity index is 2.04. The summed E-state index contributed by atoms with van der Waals surface area (Å²) >= 11 is 0. The molecule has 6 heteroatoms. The highest BCUT2D eigenvalue weighted by molar-refractivity contribution is 7.89. The molecule has 0 aromatic rings. The number of nitrogens with two attached hydrogens (primary N) is 1. The molecule has 2 aliphatic heterocycles. The molecule has 0 bridgehead atoms. The van der Waals surface area contributed by atoms with E-state index in [0.717, 1.165) is 38.9 Å². The third kappa shape index (κ3) is 2.99. The van der Waals surface area contributed by atoms with Crippen molar-refractivity contribution >= 4 is 10.0 Å². The van der Waals surface area contributed by atoms with Crippen molar-refractivity contribution in [3.8, 4) is 0 Å². The topological polar surface area (TPSA) is 72.6 Å². The first-order valence-electron chi connectivity index (χ1n) is 6.30. The lowest BCUT2D eigenvalue weighted by atomic mass is 9.73. The van der Waals surface area contributed by atoms with Crippen LogP contribution in [0.25, 0.3) is 0 Å². The molecular formula is C11H22N2O3S. The van der Waals surface area contributed by atoms with E-state index in [1.807, 2.05) is 0 Å². The molecule has 5 nitrogen and oxygen atoms in total. The van der Waals surface area contributed by atoms with Crippen molar-refractivity contribution in [2.24, 2.45) is 10.6 Å². The van der Waals surface area contributed by atoms with Crippen LogP contribution in [0.1, 0.15) is 26.2 Å². The van der Waals surface area contributed by atoms with Crippen LogP contribution in [0.15, 0.2) is 0 Å². The number of rotatable bonds is 3. The smallest absolute Gasteiger partial charge is 0.211 e. The van der Waals surface area contributed by atoms with Gasteiger partial charge in [0.25, 0.3) is 0 Å². The molecule has 0 radical (unpaired) electrons. The van der Waals surface area contributed by atoms with Crippen molar-refractivity contribution in [2.45, 2.75) is 32.3 Å². The third-order valence-electron chi connectivity index (χ3n) is 4.28. The SMILES string of the molecule is CCN1CCC2(CCOC2CS(N)(=O)=O)CC1. The fourth-order valence-electron chi connectivity index (χ4n) is 3.06. The summed E-state index contributed by atoms with van der Waals surface area (Å²) in [5.74, 6) is -0.0286. The lowest BCUT2D eigenvalue weighted by Crippen LogP contribution is -2.46. The van der Waals surface area contributed by atoms with Crippen LogP contribution < -0.4 is 5.14 Å². The van der Waals surface area contributed by atoms with Crippen LogP contribution in [0, 0.1) is 5.41 Å². The van der Waals surface area contributed by atoms with E-state index in [2.05, 4.69) is 11.8 Å². The van der Waals surface area contributed by atoms with Gasteiger partial charge in [0.05, 0.1) is 11.9 Å². The largest absolute Gasteiger partial charge is 0.377 e. The second-order valence-corrected chi connectivity index (χ2v) is 6.89. The first-order chi connectivity index (χ1) is 7.95. The number of hydrogen-bond donors (Lipinski definition) is 1. The molecule has 0 aromatic carbocycles.